The highest BCUT2D eigenvalue weighted by atomic mass is 16.6. The number of fused-ring (bicyclic) bond motifs is 3. The summed E-state index contributed by atoms with van der Waals surface area (Å²) in [5.74, 6) is -1.69. The highest BCUT2D eigenvalue weighted by molar-refractivity contribution is 6.05. The third kappa shape index (κ3) is 1.88. The summed E-state index contributed by atoms with van der Waals surface area (Å²) in [6.45, 7) is 10.9. The van der Waals surface area contributed by atoms with E-state index in [4.69, 9.17) is 9.47 Å². The summed E-state index contributed by atoms with van der Waals surface area (Å²) in [5.41, 5.74) is 0.140. The van der Waals surface area contributed by atoms with Gasteiger partial charge < -0.3 is 9.47 Å². The van der Waals surface area contributed by atoms with E-state index in [0.717, 1.165) is 0 Å². The molecule has 2 fully saturated rings. The van der Waals surface area contributed by atoms with Gasteiger partial charge in [-0.05, 0) is 12.5 Å². The molecule has 22 heavy (non-hydrogen) atoms. The van der Waals surface area contributed by atoms with Gasteiger partial charge in [0.1, 0.15) is 12.2 Å². The van der Waals surface area contributed by atoms with Crippen molar-refractivity contribution in [2.45, 2.75) is 32.5 Å². The topological polar surface area (TPSA) is 69.7 Å². The maximum Gasteiger partial charge on any atom is 0.334 e. The Bertz CT molecular complexity index is 643. The second-order valence-corrected chi connectivity index (χ2v) is 6.40. The van der Waals surface area contributed by atoms with Gasteiger partial charge >= 0.3 is 11.9 Å². The van der Waals surface area contributed by atoms with Crippen LogP contribution in [0.25, 0.3) is 0 Å². The van der Waals surface area contributed by atoms with Gasteiger partial charge in [-0.1, -0.05) is 26.2 Å². The second kappa shape index (κ2) is 4.66. The standard InChI is InChI=1S/C17H18O5/c1-8-11-7-13(21-10(3)18)17(4)6-5-12(19)9(2)14(17)15(11)22-16(8)20/h5-6,11,13-15H,1-2,7H2,3-4H3/t11-,13-,14+,15-,17+/m0/s1. The number of rotatable bonds is 1. The van der Waals surface area contributed by atoms with Crippen LogP contribution in [-0.2, 0) is 23.9 Å². The van der Waals surface area contributed by atoms with Gasteiger partial charge in [0, 0.05) is 35.3 Å². The van der Waals surface area contributed by atoms with Crippen molar-refractivity contribution < 1.29 is 23.9 Å². The van der Waals surface area contributed by atoms with E-state index in [1.54, 1.807) is 6.08 Å². The molecular formula is C17H18O5. The van der Waals surface area contributed by atoms with Gasteiger partial charge in [0.15, 0.2) is 5.78 Å². The van der Waals surface area contributed by atoms with E-state index in [-0.39, 0.29) is 11.7 Å². The lowest BCUT2D eigenvalue weighted by Gasteiger charge is -2.50. The SMILES string of the molecule is C=C1C(=O)C=C[C@]2(C)[C@@H](OC(C)=O)C[C@H]3C(=C)C(=O)O[C@@H]3[C@@H]12. The van der Waals surface area contributed by atoms with Crippen LogP contribution in [-0.4, -0.2) is 29.9 Å². The Balaban J connectivity index is 2.09. The zero-order valence-corrected chi connectivity index (χ0v) is 12.6. The molecule has 0 radical (unpaired) electrons. The Hall–Kier alpha value is -2.17. The van der Waals surface area contributed by atoms with E-state index < -0.39 is 35.5 Å². The summed E-state index contributed by atoms with van der Waals surface area (Å²) in [6, 6.07) is 0. The average molecular weight is 302 g/mol. The first-order valence-corrected chi connectivity index (χ1v) is 7.25. The molecule has 3 aliphatic rings. The zero-order chi connectivity index (χ0) is 16.2. The molecule has 0 spiro atoms. The fourth-order valence-electron chi connectivity index (χ4n) is 3.92. The molecule has 2 aliphatic carbocycles. The fourth-order valence-corrected chi connectivity index (χ4v) is 3.92. The molecule has 0 unspecified atom stereocenters. The zero-order valence-electron chi connectivity index (χ0n) is 12.6. The maximum absolute atomic E-state index is 12.0. The van der Waals surface area contributed by atoms with Crippen molar-refractivity contribution in [3.8, 4) is 0 Å². The molecular weight excluding hydrogens is 284 g/mol. The molecule has 0 aromatic heterocycles. The first-order chi connectivity index (χ1) is 10.3. The fraction of sp³-hybridized carbons (Fsp3) is 0.471. The lowest BCUT2D eigenvalue weighted by atomic mass is 9.56. The molecule has 5 nitrogen and oxygen atoms in total. The Morgan fingerprint density at radius 1 is 1.36 bits per heavy atom. The van der Waals surface area contributed by atoms with Crippen molar-refractivity contribution in [1.29, 1.82) is 0 Å². The van der Waals surface area contributed by atoms with Crippen molar-refractivity contribution in [3.63, 3.8) is 0 Å². The van der Waals surface area contributed by atoms with Crippen molar-refractivity contribution in [1.82, 2.24) is 0 Å². The van der Waals surface area contributed by atoms with Crippen LogP contribution in [0, 0.1) is 17.3 Å². The second-order valence-electron chi connectivity index (χ2n) is 6.40. The molecule has 1 heterocycles. The summed E-state index contributed by atoms with van der Waals surface area (Å²) < 4.78 is 10.9. The highest BCUT2D eigenvalue weighted by Crippen LogP contribution is 2.55. The van der Waals surface area contributed by atoms with Gasteiger partial charge in [-0.15, -0.1) is 0 Å². The molecule has 0 aromatic carbocycles. The van der Waals surface area contributed by atoms with E-state index >= 15 is 0 Å². The molecule has 0 amide bonds. The molecule has 1 saturated heterocycles. The monoisotopic (exact) mass is 302 g/mol. The van der Waals surface area contributed by atoms with Crippen LogP contribution in [0.4, 0.5) is 0 Å². The van der Waals surface area contributed by atoms with Crippen LogP contribution < -0.4 is 0 Å². The molecule has 1 aliphatic heterocycles. The first-order valence-electron chi connectivity index (χ1n) is 7.25. The van der Waals surface area contributed by atoms with Gasteiger partial charge in [0.2, 0.25) is 0 Å². The predicted molar refractivity (Wildman–Crippen MR) is 77.6 cm³/mol. The summed E-state index contributed by atoms with van der Waals surface area (Å²) in [4.78, 5) is 35.3. The Morgan fingerprint density at radius 3 is 2.68 bits per heavy atom. The third-order valence-electron chi connectivity index (χ3n) is 5.10. The number of ether oxygens (including phenoxy) is 2. The number of hydrogen-bond acceptors (Lipinski definition) is 5. The van der Waals surface area contributed by atoms with E-state index in [0.29, 0.717) is 17.6 Å². The summed E-state index contributed by atoms with van der Waals surface area (Å²) in [6.07, 6.45) is 2.74. The van der Waals surface area contributed by atoms with Crippen LogP contribution in [0.15, 0.2) is 36.5 Å². The number of ketones is 1. The predicted octanol–water partition coefficient (Wildman–Crippen LogP) is 1.74. The van der Waals surface area contributed by atoms with Crippen LogP contribution >= 0.6 is 0 Å². The lowest BCUT2D eigenvalue weighted by molar-refractivity contribution is -0.167. The summed E-state index contributed by atoms with van der Waals surface area (Å²) in [5, 5.41) is 0. The van der Waals surface area contributed by atoms with Crippen LogP contribution in [0.1, 0.15) is 20.3 Å². The van der Waals surface area contributed by atoms with Crippen LogP contribution in [0.5, 0.6) is 0 Å². The summed E-state index contributed by atoms with van der Waals surface area (Å²) >= 11 is 0. The van der Waals surface area contributed by atoms with E-state index in [9.17, 15) is 14.4 Å². The molecule has 5 atom stereocenters. The Kier molecular flexibility index (Phi) is 3.13. The summed E-state index contributed by atoms with van der Waals surface area (Å²) in [7, 11) is 0. The smallest absolute Gasteiger partial charge is 0.334 e. The quantitative estimate of drug-likeness (QED) is 0.545. The van der Waals surface area contributed by atoms with Crippen LogP contribution in [0.3, 0.4) is 0 Å². The molecule has 0 N–H and O–H groups in total. The van der Waals surface area contributed by atoms with Crippen molar-refractivity contribution in [2.24, 2.45) is 17.3 Å². The Morgan fingerprint density at radius 2 is 2.05 bits per heavy atom. The number of allylic oxidation sites excluding steroid dienone is 1. The molecule has 0 aromatic rings. The number of hydrogen-bond donors (Lipinski definition) is 0. The normalized spacial score (nSPS) is 40.1. The van der Waals surface area contributed by atoms with Crippen molar-refractivity contribution in [3.05, 3.63) is 36.5 Å². The number of carbonyl (C=O) groups excluding carboxylic acids is 3. The highest BCUT2D eigenvalue weighted by Gasteiger charge is 2.60. The van der Waals surface area contributed by atoms with Crippen molar-refractivity contribution in [2.75, 3.05) is 0 Å². The molecule has 3 rings (SSSR count). The minimum absolute atomic E-state index is 0.182. The van der Waals surface area contributed by atoms with Gasteiger partial charge in [-0.25, -0.2) is 4.79 Å². The van der Waals surface area contributed by atoms with E-state index in [2.05, 4.69) is 13.2 Å². The number of carbonyl (C=O) groups is 3. The van der Waals surface area contributed by atoms with Crippen molar-refractivity contribution >= 4 is 17.7 Å². The average Bonchev–Trinajstić information content (AvgIpc) is 2.70. The van der Waals surface area contributed by atoms with Gasteiger partial charge in [0.25, 0.3) is 0 Å². The van der Waals surface area contributed by atoms with E-state index in [1.807, 2.05) is 6.92 Å². The minimum Gasteiger partial charge on any atom is -0.462 e. The first kappa shape index (κ1) is 14.8. The van der Waals surface area contributed by atoms with Crippen LogP contribution in [0.2, 0.25) is 0 Å². The number of esters is 2. The van der Waals surface area contributed by atoms with Gasteiger partial charge in [-0.3, -0.25) is 9.59 Å². The maximum atomic E-state index is 12.0. The lowest BCUT2D eigenvalue weighted by Crippen LogP contribution is -2.55. The van der Waals surface area contributed by atoms with Gasteiger partial charge in [0.05, 0.1) is 0 Å². The molecule has 1 saturated carbocycles. The molecule has 116 valence electrons. The largest absolute Gasteiger partial charge is 0.462 e. The molecule has 5 heteroatoms. The Labute approximate surface area is 128 Å². The van der Waals surface area contributed by atoms with E-state index in [1.165, 1.54) is 13.0 Å². The molecule has 0 bridgehead atoms. The third-order valence-corrected chi connectivity index (χ3v) is 5.10. The minimum atomic E-state index is -0.622. The van der Waals surface area contributed by atoms with Gasteiger partial charge in [-0.2, -0.15) is 0 Å².